The first-order chi connectivity index (χ1) is 11.6. The van der Waals surface area contributed by atoms with Crippen LogP contribution in [0, 0.1) is 25.2 Å². The van der Waals surface area contributed by atoms with Crippen molar-refractivity contribution in [3.63, 3.8) is 0 Å². The maximum absolute atomic E-state index is 12.3. The molecule has 3 aromatic heterocycles. The van der Waals surface area contributed by atoms with Gasteiger partial charge in [-0.05, 0) is 43.7 Å². The van der Waals surface area contributed by atoms with Gasteiger partial charge in [-0.25, -0.2) is 9.31 Å². The first-order valence-corrected chi connectivity index (χ1v) is 7.52. The Bertz CT molecular complexity index is 1210. The van der Waals surface area contributed by atoms with E-state index >= 15 is 0 Å². The summed E-state index contributed by atoms with van der Waals surface area (Å²) in [5.41, 5.74) is 4.03. The Morgan fingerprint density at radius 3 is 2.75 bits per heavy atom. The van der Waals surface area contributed by atoms with E-state index in [4.69, 9.17) is 4.42 Å². The summed E-state index contributed by atoms with van der Waals surface area (Å²) >= 11 is 0. The molecule has 4 rings (SSSR count). The van der Waals surface area contributed by atoms with Gasteiger partial charge >= 0.3 is 5.63 Å². The fraction of sp³-hybridized carbons (Fsp3) is 0.105. The highest BCUT2D eigenvalue weighted by molar-refractivity contribution is 5.82. The number of hydrogen-bond acceptors (Lipinski definition) is 4. The van der Waals surface area contributed by atoms with Crippen LogP contribution in [0.25, 0.3) is 27.7 Å². The van der Waals surface area contributed by atoms with Crippen LogP contribution in [0.1, 0.15) is 16.8 Å². The van der Waals surface area contributed by atoms with Crippen molar-refractivity contribution in [2.24, 2.45) is 0 Å². The lowest BCUT2D eigenvalue weighted by atomic mass is 10.1. The minimum atomic E-state index is -0.440. The zero-order chi connectivity index (χ0) is 16.8. The SMILES string of the molecule is Cc1cc(C)n2nc(-c3cc4ccccc4oc3=O)cc2c1C#N. The first-order valence-electron chi connectivity index (χ1n) is 7.52. The van der Waals surface area contributed by atoms with Crippen LogP contribution in [0.4, 0.5) is 0 Å². The van der Waals surface area contributed by atoms with Crippen LogP contribution in [0.15, 0.2) is 51.7 Å². The van der Waals surface area contributed by atoms with Gasteiger partial charge in [0, 0.05) is 11.1 Å². The summed E-state index contributed by atoms with van der Waals surface area (Å²) in [6, 6.07) is 15.0. The smallest absolute Gasteiger partial charge is 0.345 e. The highest BCUT2D eigenvalue weighted by atomic mass is 16.4. The van der Waals surface area contributed by atoms with E-state index < -0.39 is 5.63 Å². The minimum absolute atomic E-state index is 0.387. The summed E-state index contributed by atoms with van der Waals surface area (Å²) < 4.78 is 7.07. The van der Waals surface area contributed by atoms with Crippen LogP contribution in [0.3, 0.4) is 0 Å². The molecule has 24 heavy (non-hydrogen) atoms. The quantitative estimate of drug-likeness (QED) is 0.503. The van der Waals surface area contributed by atoms with E-state index in [9.17, 15) is 10.1 Å². The number of hydrogen-bond donors (Lipinski definition) is 0. The average Bonchev–Trinajstić information content (AvgIpc) is 3.00. The summed E-state index contributed by atoms with van der Waals surface area (Å²) in [6.45, 7) is 3.81. The van der Waals surface area contributed by atoms with Crippen LogP contribution in [-0.2, 0) is 0 Å². The second-order valence-electron chi connectivity index (χ2n) is 5.77. The molecule has 4 aromatic rings. The third-order valence-corrected chi connectivity index (χ3v) is 4.15. The van der Waals surface area contributed by atoms with E-state index in [0.717, 1.165) is 16.6 Å². The van der Waals surface area contributed by atoms with Gasteiger partial charge in [0.15, 0.2) is 0 Å². The van der Waals surface area contributed by atoms with Gasteiger partial charge in [0.25, 0.3) is 0 Å². The molecule has 0 saturated heterocycles. The second-order valence-corrected chi connectivity index (χ2v) is 5.77. The maximum Gasteiger partial charge on any atom is 0.345 e. The number of aryl methyl sites for hydroxylation is 2. The molecule has 0 aliphatic heterocycles. The number of nitriles is 1. The van der Waals surface area contributed by atoms with Crippen molar-refractivity contribution in [3.05, 3.63) is 69.7 Å². The summed E-state index contributed by atoms with van der Waals surface area (Å²) in [6.07, 6.45) is 0. The average molecular weight is 315 g/mol. The Kier molecular flexibility index (Phi) is 3.00. The van der Waals surface area contributed by atoms with E-state index in [1.807, 2.05) is 38.1 Å². The largest absolute Gasteiger partial charge is 0.422 e. The van der Waals surface area contributed by atoms with Gasteiger partial charge in [0.2, 0.25) is 0 Å². The van der Waals surface area contributed by atoms with Gasteiger partial charge in [-0.2, -0.15) is 10.4 Å². The summed E-state index contributed by atoms with van der Waals surface area (Å²) in [4.78, 5) is 12.3. The zero-order valence-electron chi connectivity index (χ0n) is 13.2. The number of fused-ring (bicyclic) bond motifs is 2. The topological polar surface area (TPSA) is 71.3 Å². The van der Waals surface area contributed by atoms with E-state index in [2.05, 4.69) is 11.2 Å². The Balaban J connectivity index is 2.04. The van der Waals surface area contributed by atoms with Crippen LogP contribution >= 0.6 is 0 Å². The molecule has 0 aliphatic rings. The lowest BCUT2D eigenvalue weighted by Crippen LogP contribution is -2.03. The predicted octanol–water partition coefficient (Wildman–Crippen LogP) is 3.60. The molecule has 0 atom stereocenters. The van der Waals surface area contributed by atoms with Gasteiger partial charge < -0.3 is 4.42 Å². The fourth-order valence-corrected chi connectivity index (χ4v) is 2.99. The molecular weight excluding hydrogens is 302 g/mol. The molecule has 0 N–H and O–H groups in total. The third-order valence-electron chi connectivity index (χ3n) is 4.15. The molecule has 3 heterocycles. The number of para-hydroxylation sites is 1. The van der Waals surface area contributed by atoms with Gasteiger partial charge in [-0.3, -0.25) is 0 Å². The highest BCUT2D eigenvalue weighted by Crippen LogP contribution is 2.25. The third kappa shape index (κ3) is 2.01. The minimum Gasteiger partial charge on any atom is -0.422 e. The van der Waals surface area contributed by atoms with Crippen LogP contribution in [-0.4, -0.2) is 9.61 Å². The monoisotopic (exact) mass is 315 g/mol. The zero-order valence-corrected chi connectivity index (χ0v) is 13.2. The lowest BCUT2D eigenvalue weighted by molar-refractivity contribution is 0.563. The standard InChI is InChI=1S/C19H13N3O2/c1-11-7-12(2)22-17(15(11)10-20)9-16(21-22)14-8-13-5-3-4-6-18(13)24-19(14)23/h3-9H,1-2H3. The second kappa shape index (κ2) is 5.07. The molecule has 5 heteroatoms. The highest BCUT2D eigenvalue weighted by Gasteiger charge is 2.15. The molecule has 0 amide bonds. The summed E-state index contributed by atoms with van der Waals surface area (Å²) in [5.74, 6) is 0. The van der Waals surface area contributed by atoms with Crippen molar-refractivity contribution >= 4 is 16.5 Å². The van der Waals surface area contributed by atoms with E-state index in [1.165, 1.54) is 0 Å². The molecule has 0 bridgehead atoms. The van der Waals surface area contributed by atoms with Crippen LogP contribution < -0.4 is 5.63 Å². The number of pyridine rings is 1. The molecule has 5 nitrogen and oxygen atoms in total. The Hall–Kier alpha value is -3.39. The predicted molar refractivity (Wildman–Crippen MR) is 90.9 cm³/mol. The maximum atomic E-state index is 12.3. The van der Waals surface area contributed by atoms with E-state index in [-0.39, 0.29) is 0 Å². The fourth-order valence-electron chi connectivity index (χ4n) is 2.99. The van der Waals surface area contributed by atoms with Crippen molar-refractivity contribution < 1.29 is 4.42 Å². The molecule has 0 aliphatic carbocycles. The molecule has 116 valence electrons. The van der Waals surface area contributed by atoms with Gasteiger partial charge in [0.1, 0.15) is 17.3 Å². The van der Waals surface area contributed by atoms with Crippen molar-refractivity contribution in [1.29, 1.82) is 5.26 Å². The summed E-state index contributed by atoms with van der Waals surface area (Å²) in [5, 5.41) is 14.7. The normalized spacial score (nSPS) is 11.0. The molecule has 0 fully saturated rings. The van der Waals surface area contributed by atoms with Gasteiger partial charge in [-0.15, -0.1) is 0 Å². The van der Waals surface area contributed by atoms with E-state index in [0.29, 0.717) is 27.9 Å². The number of nitrogens with zero attached hydrogens (tertiary/aromatic N) is 3. The molecule has 0 radical (unpaired) electrons. The number of rotatable bonds is 1. The molecule has 0 unspecified atom stereocenters. The van der Waals surface area contributed by atoms with Crippen LogP contribution in [0.2, 0.25) is 0 Å². The Morgan fingerprint density at radius 1 is 1.17 bits per heavy atom. The Morgan fingerprint density at radius 2 is 1.96 bits per heavy atom. The first kappa shape index (κ1) is 14.2. The number of benzene rings is 1. The Labute approximate surface area is 137 Å². The van der Waals surface area contributed by atoms with Crippen molar-refractivity contribution in [2.75, 3.05) is 0 Å². The number of aromatic nitrogens is 2. The van der Waals surface area contributed by atoms with Crippen molar-refractivity contribution in [2.45, 2.75) is 13.8 Å². The van der Waals surface area contributed by atoms with Gasteiger partial charge in [-0.1, -0.05) is 18.2 Å². The molecular formula is C19H13N3O2. The summed E-state index contributed by atoms with van der Waals surface area (Å²) in [7, 11) is 0. The van der Waals surface area contributed by atoms with Crippen molar-refractivity contribution in [1.82, 2.24) is 9.61 Å². The molecule has 0 saturated carbocycles. The lowest BCUT2D eigenvalue weighted by Gasteiger charge is -2.03. The molecule has 0 spiro atoms. The van der Waals surface area contributed by atoms with Crippen LogP contribution in [0.5, 0.6) is 0 Å². The van der Waals surface area contributed by atoms with Crippen molar-refractivity contribution in [3.8, 4) is 17.3 Å². The van der Waals surface area contributed by atoms with Gasteiger partial charge in [0.05, 0.1) is 16.6 Å². The van der Waals surface area contributed by atoms with E-state index in [1.54, 1.807) is 22.7 Å². The molecule has 1 aromatic carbocycles.